The predicted octanol–water partition coefficient (Wildman–Crippen LogP) is 2.12. The van der Waals surface area contributed by atoms with Crippen molar-refractivity contribution >= 4 is 5.91 Å². The van der Waals surface area contributed by atoms with Crippen LogP contribution in [0.25, 0.3) is 0 Å². The summed E-state index contributed by atoms with van der Waals surface area (Å²) in [6, 6.07) is 6.56. The van der Waals surface area contributed by atoms with Gasteiger partial charge in [-0.15, -0.1) is 0 Å². The molecule has 2 aromatic rings. The summed E-state index contributed by atoms with van der Waals surface area (Å²) in [5, 5.41) is 3.69. The molecule has 0 saturated carbocycles. The summed E-state index contributed by atoms with van der Waals surface area (Å²) in [5.41, 5.74) is 0.568. The van der Waals surface area contributed by atoms with Gasteiger partial charge in [0.1, 0.15) is 12.4 Å². The fourth-order valence-corrected chi connectivity index (χ4v) is 2.70. The lowest BCUT2D eigenvalue weighted by atomic mass is 9.97. The Bertz CT molecular complexity index is 713. The van der Waals surface area contributed by atoms with Crippen molar-refractivity contribution in [3.8, 4) is 0 Å². The van der Waals surface area contributed by atoms with Crippen LogP contribution in [-0.4, -0.2) is 40.1 Å². The number of aryl methyl sites for hydroxylation is 1. The Morgan fingerprint density at radius 3 is 2.88 bits per heavy atom. The zero-order valence-corrected chi connectivity index (χ0v) is 13.7. The van der Waals surface area contributed by atoms with Gasteiger partial charge in [0, 0.05) is 19.0 Å². The van der Waals surface area contributed by atoms with Crippen LogP contribution in [0.5, 0.6) is 0 Å². The van der Waals surface area contributed by atoms with Gasteiger partial charge in [-0.2, -0.15) is 4.98 Å². The number of aromatic nitrogens is 2. The molecule has 1 aliphatic heterocycles. The summed E-state index contributed by atoms with van der Waals surface area (Å²) < 4.78 is 24.3. The molecule has 1 aromatic carbocycles. The average Bonchev–Trinajstić information content (AvgIpc) is 2.93. The molecule has 1 saturated heterocycles. The minimum Gasteiger partial charge on any atom is -0.365 e. The Labute approximate surface area is 139 Å². The first-order valence-electron chi connectivity index (χ1n) is 7.96. The molecular weight excluding hydrogens is 313 g/mol. The maximum absolute atomic E-state index is 13.7. The summed E-state index contributed by atoms with van der Waals surface area (Å²) >= 11 is 0. The van der Waals surface area contributed by atoms with Gasteiger partial charge in [-0.1, -0.05) is 30.3 Å². The van der Waals surface area contributed by atoms with E-state index in [0.717, 1.165) is 0 Å². The zero-order chi connectivity index (χ0) is 17.1. The summed E-state index contributed by atoms with van der Waals surface area (Å²) in [6.07, 6.45) is 0.372. The van der Waals surface area contributed by atoms with E-state index in [4.69, 9.17) is 9.26 Å². The second-order valence-electron chi connectivity index (χ2n) is 6.11. The first-order valence-corrected chi connectivity index (χ1v) is 7.96. The summed E-state index contributed by atoms with van der Waals surface area (Å²) in [5.74, 6) is 0.496. The van der Waals surface area contributed by atoms with Crippen LogP contribution < -0.4 is 0 Å². The smallest absolute Gasteiger partial charge is 0.252 e. The quantitative estimate of drug-likeness (QED) is 0.810. The van der Waals surface area contributed by atoms with E-state index in [1.165, 1.54) is 6.07 Å². The van der Waals surface area contributed by atoms with Crippen LogP contribution in [-0.2, 0) is 22.6 Å². The molecule has 0 N–H and O–H groups in total. The van der Waals surface area contributed by atoms with Gasteiger partial charge in [-0.3, -0.25) is 4.79 Å². The third-order valence-electron chi connectivity index (χ3n) is 4.08. The maximum atomic E-state index is 13.7. The number of amides is 1. The van der Waals surface area contributed by atoms with E-state index in [1.807, 2.05) is 6.92 Å². The summed E-state index contributed by atoms with van der Waals surface area (Å²) in [6.45, 7) is 4.89. The number of rotatable bonds is 6. The van der Waals surface area contributed by atoms with Crippen molar-refractivity contribution in [3.63, 3.8) is 0 Å². The highest BCUT2D eigenvalue weighted by Crippen LogP contribution is 2.20. The molecule has 1 unspecified atom stereocenters. The van der Waals surface area contributed by atoms with E-state index < -0.39 is 0 Å². The van der Waals surface area contributed by atoms with Crippen molar-refractivity contribution < 1.29 is 18.4 Å². The first kappa shape index (κ1) is 16.6. The number of hydrogen-bond donors (Lipinski definition) is 0. The molecule has 0 bridgehead atoms. The van der Waals surface area contributed by atoms with E-state index in [0.29, 0.717) is 36.8 Å². The largest absolute Gasteiger partial charge is 0.365 e. The highest BCUT2D eigenvalue weighted by molar-refractivity contribution is 5.79. The lowest BCUT2D eigenvalue weighted by Crippen LogP contribution is -2.56. The third-order valence-corrected chi connectivity index (χ3v) is 4.08. The van der Waals surface area contributed by atoms with Gasteiger partial charge in [0.05, 0.1) is 6.10 Å². The highest BCUT2D eigenvalue weighted by atomic mass is 19.1. The van der Waals surface area contributed by atoms with Gasteiger partial charge in [0.15, 0.2) is 5.82 Å². The highest BCUT2D eigenvalue weighted by Gasteiger charge is 2.34. The summed E-state index contributed by atoms with van der Waals surface area (Å²) in [7, 11) is 0. The van der Waals surface area contributed by atoms with Crippen molar-refractivity contribution in [3.05, 3.63) is 47.4 Å². The number of carbonyl (C=O) groups excluding carboxylic acids is 1. The molecule has 1 aromatic heterocycles. The molecule has 7 heteroatoms. The number of hydrogen-bond acceptors (Lipinski definition) is 5. The molecule has 0 spiro atoms. The Morgan fingerprint density at radius 1 is 1.46 bits per heavy atom. The molecule has 0 radical (unpaired) electrons. The fraction of sp³-hybridized carbons (Fsp3) is 0.471. The van der Waals surface area contributed by atoms with Gasteiger partial charge < -0.3 is 14.2 Å². The van der Waals surface area contributed by atoms with Gasteiger partial charge in [-0.25, -0.2) is 4.39 Å². The van der Waals surface area contributed by atoms with Gasteiger partial charge in [0.2, 0.25) is 5.91 Å². The Balaban J connectivity index is 1.43. The molecule has 0 aliphatic carbocycles. The average molecular weight is 333 g/mol. The van der Waals surface area contributed by atoms with Gasteiger partial charge >= 0.3 is 0 Å². The van der Waals surface area contributed by atoms with Crippen LogP contribution in [0.2, 0.25) is 0 Å². The Morgan fingerprint density at radius 2 is 2.21 bits per heavy atom. The van der Waals surface area contributed by atoms with Crippen molar-refractivity contribution in [1.29, 1.82) is 0 Å². The van der Waals surface area contributed by atoms with Gasteiger partial charge in [-0.05, 0) is 25.0 Å². The van der Waals surface area contributed by atoms with Crippen molar-refractivity contribution in [2.45, 2.75) is 33.0 Å². The first-order chi connectivity index (χ1) is 11.5. The molecule has 1 aliphatic rings. The molecule has 1 amide bonds. The van der Waals surface area contributed by atoms with Crippen molar-refractivity contribution in [2.75, 3.05) is 13.1 Å². The molecule has 24 heavy (non-hydrogen) atoms. The van der Waals surface area contributed by atoms with Crippen LogP contribution in [0.15, 0.2) is 28.8 Å². The van der Waals surface area contributed by atoms with E-state index >= 15 is 0 Å². The predicted molar refractivity (Wildman–Crippen MR) is 83.5 cm³/mol. The van der Waals surface area contributed by atoms with Crippen molar-refractivity contribution in [2.24, 2.45) is 5.92 Å². The second kappa shape index (κ2) is 7.09. The number of halogens is 1. The number of ether oxygens (including phenoxy) is 1. The Hall–Kier alpha value is -2.28. The van der Waals surface area contributed by atoms with E-state index in [-0.39, 0.29) is 30.4 Å². The van der Waals surface area contributed by atoms with Crippen LogP contribution in [0, 0.1) is 18.7 Å². The SMILES string of the molecule is Cc1noc(COC2CN(C(=O)C(C)Cc3ccccc3F)C2)n1. The second-order valence-corrected chi connectivity index (χ2v) is 6.11. The van der Waals surface area contributed by atoms with Crippen LogP contribution in [0.4, 0.5) is 4.39 Å². The molecule has 2 heterocycles. The third kappa shape index (κ3) is 3.79. The van der Waals surface area contributed by atoms with Gasteiger partial charge in [0.25, 0.3) is 5.89 Å². The normalized spacial score (nSPS) is 16.0. The molecule has 1 fully saturated rings. The van der Waals surface area contributed by atoms with Crippen LogP contribution in [0.3, 0.4) is 0 Å². The molecule has 128 valence electrons. The topological polar surface area (TPSA) is 68.5 Å². The van der Waals surface area contributed by atoms with Crippen LogP contribution in [0.1, 0.15) is 24.2 Å². The Kier molecular flexibility index (Phi) is 4.89. The molecule has 6 nitrogen and oxygen atoms in total. The minimum atomic E-state index is -0.267. The van der Waals surface area contributed by atoms with Crippen molar-refractivity contribution in [1.82, 2.24) is 15.0 Å². The number of benzene rings is 1. The number of nitrogens with zero attached hydrogens (tertiary/aromatic N) is 3. The number of carbonyl (C=O) groups is 1. The minimum absolute atomic E-state index is 0.0201. The lowest BCUT2D eigenvalue weighted by Gasteiger charge is -2.40. The monoisotopic (exact) mass is 333 g/mol. The summed E-state index contributed by atoms with van der Waals surface area (Å²) in [4.78, 5) is 18.2. The van der Waals surface area contributed by atoms with E-state index in [9.17, 15) is 9.18 Å². The zero-order valence-electron chi connectivity index (χ0n) is 13.7. The lowest BCUT2D eigenvalue weighted by molar-refractivity contribution is -0.150. The van der Waals surface area contributed by atoms with E-state index in [1.54, 1.807) is 30.0 Å². The number of likely N-dealkylation sites (tertiary alicyclic amines) is 1. The molecule has 3 rings (SSSR count). The fourth-order valence-electron chi connectivity index (χ4n) is 2.70. The molecule has 1 atom stereocenters. The standard InChI is InChI=1S/C17H20FN3O3/c1-11(7-13-5-3-4-6-15(13)18)17(22)21-8-14(9-21)23-10-16-19-12(2)20-24-16/h3-6,11,14H,7-10H2,1-2H3. The molecular formula is C17H20FN3O3. The maximum Gasteiger partial charge on any atom is 0.252 e. The van der Waals surface area contributed by atoms with E-state index in [2.05, 4.69) is 10.1 Å². The van der Waals surface area contributed by atoms with Crippen LogP contribution >= 0.6 is 0 Å².